The van der Waals surface area contributed by atoms with Gasteiger partial charge in [0.05, 0.1) is 0 Å². The van der Waals surface area contributed by atoms with Crippen molar-refractivity contribution in [3.05, 3.63) is 57.3 Å². The third kappa shape index (κ3) is 3.39. The second-order valence-electron chi connectivity index (χ2n) is 4.97. The number of halogens is 2. The van der Waals surface area contributed by atoms with Crippen LogP contribution in [0.15, 0.2) is 30.3 Å². The molecule has 0 aliphatic carbocycles. The number of thiophene rings is 1. The number of rotatable bonds is 4. The summed E-state index contributed by atoms with van der Waals surface area (Å²) in [7, 11) is 0. The fourth-order valence-corrected chi connectivity index (χ4v) is 3.18. The first-order valence-corrected chi connectivity index (χ1v) is 7.05. The van der Waals surface area contributed by atoms with Gasteiger partial charge in [0.25, 0.3) is 0 Å². The van der Waals surface area contributed by atoms with Gasteiger partial charge in [-0.25, -0.2) is 8.78 Å². The molecule has 2 rings (SSSR count). The van der Waals surface area contributed by atoms with E-state index in [1.54, 1.807) is 18.3 Å². The van der Waals surface area contributed by atoms with Crippen LogP contribution in [-0.2, 0) is 18.4 Å². The molecule has 0 saturated carbocycles. The minimum atomic E-state index is -0.779. The average Bonchev–Trinajstić information content (AvgIpc) is 2.74. The Balaban J connectivity index is 2.25. The van der Waals surface area contributed by atoms with E-state index in [0.717, 1.165) is 17.4 Å². The molecule has 0 radical (unpaired) electrons. The van der Waals surface area contributed by atoms with E-state index in [2.05, 4.69) is 13.0 Å². The first-order valence-electron chi connectivity index (χ1n) is 6.24. The second kappa shape index (κ2) is 5.39. The van der Waals surface area contributed by atoms with Crippen molar-refractivity contribution in [2.75, 3.05) is 0 Å². The van der Waals surface area contributed by atoms with Gasteiger partial charge in [0.2, 0.25) is 0 Å². The average molecular weight is 281 g/mol. The molecule has 0 aliphatic rings. The summed E-state index contributed by atoms with van der Waals surface area (Å²) in [6, 6.07) is 7.57. The van der Waals surface area contributed by atoms with Crippen LogP contribution in [0.4, 0.5) is 8.78 Å². The van der Waals surface area contributed by atoms with Gasteiger partial charge in [-0.05, 0) is 43.2 Å². The second-order valence-corrected chi connectivity index (χ2v) is 6.23. The predicted octanol–water partition coefficient (Wildman–Crippen LogP) is 4.01. The van der Waals surface area contributed by atoms with E-state index in [9.17, 15) is 8.78 Å². The van der Waals surface area contributed by atoms with Gasteiger partial charge in [0, 0.05) is 27.8 Å². The minimum Gasteiger partial charge on any atom is -0.321 e. The predicted molar refractivity (Wildman–Crippen MR) is 75.3 cm³/mol. The Kier molecular flexibility index (Phi) is 4.02. The van der Waals surface area contributed by atoms with E-state index in [1.165, 1.54) is 17.0 Å². The molecule has 1 aromatic heterocycles. The molecule has 2 aromatic rings. The lowest BCUT2D eigenvalue weighted by molar-refractivity contribution is 0.482. The van der Waals surface area contributed by atoms with Gasteiger partial charge in [-0.2, -0.15) is 0 Å². The van der Waals surface area contributed by atoms with E-state index < -0.39 is 17.2 Å². The lowest BCUT2D eigenvalue weighted by Crippen LogP contribution is -2.35. The van der Waals surface area contributed by atoms with Crippen LogP contribution >= 0.6 is 11.3 Å². The van der Waals surface area contributed by atoms with Crippen molar-refractivity contribution in [3.63, 3.8) is 0 Å². The van der Waals surface area contributed by atoms with Crippen LogP contribution in [0, 0.1) is 11.6 Å². The van der Waals surface area contributed by atoms with Gasteiger partial charge >= 0.3 is 0 Å². The van der Waals surface area contributed by atoms with Crippen LogP contribution in [-0.4, -0.2) is 0 Å². The SMILES string of the molecule is CCc1ccc(CC(C)(N)c2cc(F)cc(F)c2)s1. The van der Waals surface area contributed by atoms with Crippen molar-refractivity contribution in [1.82, 2.24) is 0 Å². The summed E-state index contributed by atoms with van der Waals surface area (Å²) in [6.45, 7) is 3.89. The van der Waals surface area contributed by atoms with Crippen molar-refractivity contribution in [2.24, 2.45) is 5.73 Å². The Bertz CT molecular complexity index is 555. The van der Waals surface area contributed by atoms with Gasteiger partial charge in [0.15, 0.2) is 0 Å². The summed E-state index contributed by atoms with van der Waals surface area (Å²) in [4.78, 5) is 2.42. The standard InChI is InChI=1S/C15H17F2NS/c1-3-13-4-5-14(19-13)9-15(2,18)10-6-11(16)8-12(17)7-10/h4-8H,3,9,18H2,1-2H3. The molecule has 4 heteroatoms. The molecule has 0 aliphatic heterocycles. The van der Waals surface area contributed by atoms with Crippen LogP contribution in [0.3, 0.4) is 0 Å². The summed E-state index contributed by atoms with van der Waals surface area (Å²) in [5.74, 6) is -1.18. The third-order valence-corrected chi connectivity index (χ3v) is 4.36. The van der Waals surface area contributed by atoms with Gasteiger partial charge in [-0.1, -0.05) is 6.92 Å². The van der Waals surface area contributed by atoms with Crippen molar-refractivity contribution in [1.29, 1.82) is 0 Å². The summed E-state index contributed by atoms with van der Waals surface area (Å²) in [5, 5.41) is 0. The maximum absolute atomic E-state index is 13.3. The Morgan fingerprint density at radius 2 is 1.68 bits per heavy atom. The van der Waals surface area contributed by atoms with Crippen LogP contribution in [0.25, 0.3) is 0 Å². The molecule has 0 fully saturated rings. The molecular formula is C15H17F2NS. The Hall–Kier alpha value is -1.26. The van der Waals surface area contributed by atoms with Crippen molar-refractivity contribution in [2.45, 2.75) is 32.2 Å². The number of nitrogens with two attached hydrogens (primary N) is 1. The van der Waals surface area contributed by atoms with E-state index >= 15 is 0 Å². The summed E-state index contributed by atoms with van der Waals surface area (Å²) >= 11 is 1.70. The maximum atomic E-state index is 13.3. The molecule has 0 amide bonds. The van der Waals surface area contributed by atoms with Crippen molar-refractivity contribution in [3.8, 4) is 0 Å². The molecule has 102 valence electrons. The Morgan fingerprint density at radius 3 is 2.21 bits per heavy atom. The van der Waals surface area contributed by atoms with E-state index in [0.29, 0.717) is 12.0 Å². The molecule has 2 N–H and O–H groups in total. The summed E-state index contributed by atoms with van der Waals surface area (Å²) in [5.41, 5.74) is 5.94. The highest BCUT2D eigenvalue weighted by molar-refractivity contribution is 7.12. The van der Waals surface area contributed by atoms with Crippen molar-refractivity contribution >= 4 is 11.3 Å². The van der Waals surface area contributed by atoms with Gasteiger partial charge in [-0.15, -0.1) is 11.3 Å². The highest BCUT2D eigenvalue weighted by Crippen LogP contribution is 2.28. The molecule has 1 aromatic carbocycles. The first-order chi connectivity index (χ1) is 8.90. The quantitative estimate of drug-likeness (QED) is 0.900. The molecular weight excluding hydrogens is 264 g/mol. The zero-order chi connectivity index (χ0) is 14.0. The van der Waals surface area contributed by atoms with Gasteiger partial charge < -0.3 is 5.73 Å². The topological polar surface area (TPSA) is 26.0 Å². The Morgan fingerprint density at radius 1 is 1.11 bits per heavy atom. The van der Waals surface area contributed by atoms with E-state index in [1.807, 2.05) is 6.07 Å². The normalized spacial score (nSPS) is 14.4. The minimum absolute atomic E-state index is 0.483. The molecule has 19 heavy (non-hydrogen) atoms. The summed E-state index contributed by atoms with van der Waals surface area (Å²) < 4.78 is 26.5. The highest BCUT2D eigenvalue weighted by Gasteiger charge is 2.24. The summed E-state index contributed by atoms with van der Waals surface area (Å²) in [6.07, 6.45) is 1.56. The third-order valence-electron chi connectivity index (χ3n) is 3.13. The maximum Gasteiger partial charge on any atom is 0.126 e. The van der Waals surface area contributed by atoms with Crippen LogP contribution in [0.5, 0.6) is 0 Å². The van der Waals surface area contributed by atoms with E-state index in [-0.39, 0.29) is 0 Å². The number of hydrogen-bond donors (Lipinski definition) is 1. The lowest BCUT2D eigenvalue weighted by Gasteiger charge is -2.24. The first kappa shape index (κ1) is 14.2. The van der Waals surface area contributed by atoms with E-state index in [4.69, 9.17) is 5.73 Å². The van der Waals surface area contributed by atoms with Gasteiger partial charge in [0.1, 0.15) is 11.6 Å². The zero-order valence-corrected chi connectivity index (χ0v) is 11.9. The molecule has 0 saturated heterocycles. The lowest BCUT2D eigenvalue weighted by atomic mass is 9.89. The fourth-order valence-electron chi connectivity index (χ4n) is 2.05. The smallest absolute Gasteiger partial charge is 0.126 e. The fraction of sp³-hybridized carbons (Fsp3) is 0.333. The number of aryl methyl sites for hydroxylation is 1. The number of benzene rings is 1. The molecule has 1 heterocycles. The molecule has 1 atom stereocenters. The van der Waals surface area contributed by atoms with Crippen LogP contribution in [0.2, 0.25) is 0 Å². The van der Waals surface area contributed by atoms with Crippen LogP contribution in [0.1, 0.15) is 29.2 Å². The molecule has 0 bridgehead atoms. The monoisotopic (exact) mass is 281 g/mol. The van der Waals surface area contributed by atoms with Gasteiger partial charge in [-0.3, -0.25) is 0 Å². The highest BCUT2D eigenvalue weighted by atomic mass is 32.1. The Labute approximate surface area is 116 Å². The number of hydrogen-bond acceptors (Lipinski definition) is 2. The zero-order valence-electron chi connectivity index (χ0n) is 11.0. The largest absolute Gasteiger partial charge is 0.321 e. The van der Waals surface area contributed by atoms with Crippen LogP contribution < -0.4 is 5.73 Å². The van der Waals surface area contributed by atoms with Crippen molar-refractivity contribution < 1.29 is 8.78 Å². The molecule has 0 spiro atoms. The molecule has 1 nitrogen and oxygen atoms in total. The molecule has 1 unspecified atom stereocenters.